The minimum atomic E-state index is -0.943. The van der Waals surface area contributed by atoms with E-state index in [1.807, 2.05) is 13.8 Å². The molecule has 0 spiro atoms. The lowest BCUT2D eigenvalue weighted by Gasteiger charge is -2.16. The second-order valence-electron chi connectivity index (χ2n) is 6.07. The number of hydrogen-bond acceptors (Lipinski definition) is 3. The summed E-state index contributed by atoms with van der Waals surface area (Å²) in [5, 5.41) is 13.2. The zero-order valence-electron chi connectivity index (χ0n) is 11.2. The van der Waals surface area contributed by atoms with Gasteiger partial charge in [-0.15, -0.1) is 0 Å². The Hall–Kier alpha value is -1.32. The lowest BCUT2D eigenvalue weighted by atomic mass is 9.88. The Kier molecular flexibility index (Phi) is 3.96. The van der Waals surface area contributed by atoms with Crippen LogP contribution in [0.2, 0.25) is 0 Å². The lowest BCUT2D eigenvalue weighted by molar-refractivity contribution is 0.0693. The maximum absolute atomic E-state index is 11.3. The standard InChI is InChI=1S/C13H21NO3/c1-8(2)6-10-11(12(15)16)9(14-17-10)7-13(3,4)5/h8H,6-7H2,1-5H3,(H,15,16). The number of hydrogen-bond donors (Lipinski definition) is 1. The summed E-state index contributed by atoms with van der Waals surface area (Å²) < 4.78 is 5.18. The van der Waals surface area contributed by atoms with Crippen LogP contribution in [0, 0.1) is 11.3 Å². The van der Waals surface area contributed by atoms with Crippen LogP contribution in [0.15, 0.2) is 4.52 Å². The Balaban J connectivity index is 3.07. The van der Waals surface area contributed by atoms with Crippen molar-refractivity contribution in [1.82, 2.24) is 5.16 Å². The number of aromatic nitrogens is 1. The van der Waals surface area contributed by atoms with E-state index in [0.29, 0.717) is 30.2 Å². The van der Waals surface area contributed by atoms with Crippen molar-refractivity contribution in [3.8, 4) is 0 Å². The van der Waals surface area contributed by atoms with Crippen LogP contribution in [0.5, 0.6) is 0 Å². The van der Waals surface area contributed by atoms with Gasteiger partial charge in [0.1, 0.15) is 5.56 Å². The van der Waals surface area contributed by atoms with Gasteiger partial charge in [-0.1, -0.05) is 39.8 Å². The van der Waals surface area contributed by atoms with Crippen molar-refractivity contribution < 1.29 is 14.4 Å². The van der Waals surface area contributed by atoms with Gasteiger partial charge in [0.15, 0.2) is 5.76 Å². The van der Waals surface area contributed by atoms with Crippen LogP contribution in [0.1, 0.15) is 56.4 Å². The number of carboxylic acids is 1. The molecule has 0 saturated heterocycles. The molecule has 0 aliphatic carbocycles. The summed E-state index contributed by atoms with van der Waals surface area (Å²) in [5.74, 6) is -0.101. The van der Waals surface area contributed by atoms with Gasteiger partial charge in [0, 0.05) is 6.42 Å². The van der Waals surface area contributed by atoms with Gasteiger partial charge in [-0.2, -0.15) is 0 Å². The molecule has 0 aliphatic rings. The number of carboxylic acid groups (broad SMARTS) is 1. The minimum Gasteiger partial charge on any atom is -0.477 e. The summed E-state index contributed by atoms with van der Waals surface area (Å²) in [5.41, 5.74) is 0.810. The van der Waals surface area contributed by atoms with E-state index in [9.17, 15) is 9.90 Å². The van der Waals surface area contributed by atoms with E-state index in [-0.39, 0.29) is 11.0 Å². The normalized spacial score (nSPS) is 12.1. The van der Waals surface area contributed by atoms with Gasteiger partial charge in [0.25, 0.3) is 0 Å². The van der Waals surface area contributed by atoms with Crippen LogP contribution < -0.4 is 0 Å². The molecular weight excluding hydrogens is 218 g/mol. The zero-order valence-corrected chi connectivity index (χ0v) is 11.2. The summed E-state index contributed by atoms with van der Waals surface area (Å²) in [6.45, 7) is 10.2. The van der Waals surface area contributed by atoms with Gasteiger partial charge in [0.05, 0.1) is 5.69 Å². The molecule has 1 aromatic heterocycles. The highest BCUT2D eigenvalue weighted by atomic mass is 16.5. The van der Waals surface area contributed by atoms with E-state index in [1.54, 1.807) is 0 Å². The number of nitrogens with zero attached hydrogens (tertiary/aromatic N) is 1. The van der Waals surface area contributed by atoms with Crippen LogP contribution >= 0.6 is 0 Å². The van der Waals surface area contributed by atoms with Gasteiger partial charge in [0.2, 0.25) is 0 Å². The molecule has 1 N–H and O–H groups in total. The van der Waals surface area contributed by atoms with Crippen LogP contribution in [-0.2, 0) is 12.8 Å². The molecule has 4 heteroatoms. The van der Waals surface area contributed by atoms with Gasteiger partial charge < -0.3 is 9.63 Å². The zero-order chi connectivity index (χ0) is 13.2. The molecule has 1 aromatic rings. The fourth-order valence-electron chi connectivity index (χ4n) is 1.74. The van der Waals surface area contributed by atoms with Crippen molar-refractivity contribution in [1.29, 1.82) is 0 Å². The third kappa shape index (κ3) is 3.88. The first kappa shape index (κ1) is 13.7. The molecule has 1 heterocycles. The molecule has 0 aliphatic heterocycles. The highest BCUT2D eigenvalue weighted by Crippen LogP contribution is 2.25. The molecular formula is C13H21NO3. The molecule has 0 atom stereocenters. The van der Waals surface area contributed by atoms with Crippen molar-refractivity contribution in [2.45, 2.75) is 47.5 Å². The Bertz CT molecular complexity index is 399. The largest absolute Gasteiger partial charge is 0.477 e. The van der Waals surface area contributed by atoms with Gasteiger partial charge in [-0.3, -0.25) is 0 Å². The van der Waals surface area contributed by atoms with E-state index in [4.69, 9.17) is 4.52 Å². The highest BCUT2D eigenvalue weighted by Gasteiger charge is 2.25. The Morgan fingerprint density at radius 3 is 2.41 bits per heavy atom. The summed E-state index contributed by atoms with van der Waals surface area (Å²) in [6, 6.07) is 0. The molecule has 96 valence electrons. The lowest BCUT2D eigenvalue weighted by Crippen LogP contribution is -2.13. The molecule has 0 aromatic carbocycles. The maximum Gasteiger partial charge on any atom is 0.341 e. The number of rotatable bonds is 4. The van der Waals surface area contributed by atoms with E-state index in [1.165, 1.54) is 0 Å². The van der Waals surface area contributed by atoms with Gasteiger partial charge >= 0.3 is 5.97 Å². The molecule has 4 nitrogen and oxygen atoms in total. The van der Waals surface area contributed by atoms with Crippen molar-refractivity contribution in [3.63, 3.8) is 0 Å². The van der Waals surface area contributed by atoms with E-state index >= 15 is 0 Å². The van der Waals surface area contributed by atoms with Gasteiger partial charge in [-0.25, -0.2) is 4.79 Å². The molecule has 0 unspecified atom stereocenters. The van der Waals surface area contributed by atoms with Crippen molar-refractivity contribution >= 4 is 5.97 Å². The fraction of sp³-hybridized carbons (Fsp3) is 0.692. The Morgan fingerprint density at radius 1 is 1.41 bits per heavy atom. The molecule has 0 radical (unpaired) electrons. The topological polar surface area (TPSA) is 63.3 Å². The van der Waals surface area contributed by atoms with E-state index in [0.717, 1.165) is 0 Å². The first-order valence-corrected chi connectivity index (χ1v) is 5.91. The third-order valence-corrected chi connectivity index (χ3v) is 2.34. The molecule has 0 fully saturated rings. The molecule has 17 heavy (non-hydrogen) atoms. The van der Waals surface area contributed by atoms with Crippen LogP contribution in [-0.4, -0.2) is 16.2 Å². The second-order valence-corrected chi connectivity index (χ2v) is 6.07. The summed E-state index contributed by atoms with van der Waals surface area (Å²) >= 11 is 0. The molecule has 0 amide bonds. The van der Waals surface area contributed by atoms with Gasteiger partial charge in [-0.05, 0) is 17.8 Å². The SMILES string of the molecule is CC(C)Cc1onc(CC(C)(C)C)c1C(=O)O. The van der Waals surface area contributed by atoms with Crippen molar-refractivity contribution in [2.24, 2.45) is 11.3 Å². The highest BCUT2D eigenvalue weighted by molar-refractivity contribution is 5.90. The number of carbonyl (C=O) groups is 1. The summed E-state index contributed by atoms with van der Waals surface area (Å²) in [4.78, 5) is 11.3. The Morgan fingerprint density at radius 2 is 2.00 bits per heavy atom. The first-order chi connectivity index (χ1) is 7.70. The van der Waals surface area contributed by atoms with Crippen LogP contribution in [0.3, 0.4) is 0 Å². The van der Waals surface area contributed by atoms with Crippen LogP contribution in [0.4, 0.5) is 0 Å². The summed E-state index contributed by atoms with van der Waals surface area (Å²) in [7, 11) is 0. The van der Waals surface area contributed by atoms with Crippen LogP contribution in [0.25, 0.3) is 0 Å². The molecule has 1 rings (SSSR count). The predicted octanol–water partition coefficient (Wildman–Crippen LogP) is 3.16. The Labute approximate surface area is 102 Å². The molecule has 0 bridgehead atoms. The first-order valence-electron chi connectivity index (χ1n) is 5.91. The second kappa shape index (κ2) is 4.90. The van der Waals surface area contributed by atoms with Crippen molar-refractivity contribution in [3.05, 3.63) is 17.0 Å². The van der Waals surface area contributed by atoms with E-state index < -0.39 is 5.97 Å². The average Bonchev–Trinajstić information content (AvgIpc) is 2.43. The quantitative estimate of drug-likeness (QED) is 0.876. The average molecular weight is 239 g/mol. The van der Waals surface area contributed by atoms with E-state index in [2.05, 4.69) is 25.9 Å². The maximum atomic E-state index is 11.3. The monoisotopic (exact) mass is 239 g/mol. The predicted molar refractivity (Wildman–Crippen MR) is 65.2 cm³/mol. The fourth-order valence-corrected chi connectivity index (χ4v) is 1.74. The number of aromatic carboxylic acids is 1. The van der Waals surface area contributed by atoms with Crippen molar-refractivity contribution in [2.75, 3.05) is 0 Å². The summed E-state index contributed by atoms with van der Waals surface area (Å²) in [6.07, 6.45) is 1.22. The third-order valence-electron chi connectivity index (χ3n) is 2.34. The minimum absolute atomic E-state index is 0.00380. The smallest absolute Gasteiger partial charge is 0.341 e. The molecule has 0 saturated carbocycles.